The molecular formula is C21H26N2. The van der Waals surface area contributed by atoms with Crippen molar-refractivity contribution in [2.24, 2.45) is 10.2 Å². The van der Waals surface area contributed by atoms with Crippen LogP contribution in [0.2, 0.25) is 0 Å². The molecule has 2 aromatic rings. The maximum absolute atomic E-state index is 4.12. The first-order valence-electron chi connectivity index (χ1n) is 8.50. The van der Waals surface area contributed by atoms with E-state index in [4.69, 9.17) is 0 Å². The molecule has 2 nitrogen and oxygen atoms in total. The normalized spacial score (nSPS) is 11.6. The number of rotatable bonds is 8. The summed E-state index contributed by atoms with van der Waals surface area (Å²) in [5.74, 6) is 0. The van der Waals surface area contributed by atoms with Gasteiger partial charge in [0.2, 0.25) is 0 Å². The molecule has 0 radical (unpaired) electrons. The molecule has 0 fully saturated rings. The Hall–Kier alpha value is -2.22. The zero-order valence-corrected chi connectivity index (χ0v) is 14.2. The molecule has 0 amide bonds. The zero-order chi connectivity index (χ0) is 16.3. The molecule has 0 atom stereocenters. The highest BCUT2D eigenvalue weighted by Gasteiger charge is 1.94. The Morgan fingerprint density at radius 2 is 1.30 bits per heavy atom. The van der Waals surface area contributed by atoms with E-state index >= 15 is 0 Å². The molecule has 0 spiro atoms. The van der Waals surface area contributed by atoms with Crippen molar-refractivity contribution in [1.29, 1.82) is 0 Å². The maximum atomic E-state index is 4.12. The van der Waals surface area contributed by atoms with Crippen molar-refractivity contribution in [3.63, 3.8) is 0 Å². The van der Waals surface area contributed by atoms with E-state index in [2.05, 4.69) is 60.4 Å². The lowest BCUT2D eigenvalue weighted by Crippen LogP contribution is -1.87. The first-order chi connectivity index (χ1) is 11.3. The fourth-order valence-corrected chi connectivity index (χ4v) is 2.38. The third kappa shape index (κ3) is 6.60. The summed E-state index contributed by atoms with van der Waals surface area (Å²) in [6, 6.07) is 16.8. The standard InChI is InChI=1S/C21H26N2/c1-3-4-5-6-7-19-12-14-21(15-13-19)17-23-22-16-20-10-8-18(2)9-11-20/h8-17H,3-7H2,1-2H3/b22-16-,23-17-. The Balaban J connectivity index is 1.81. The number of benzene rings is 2. The molecule has 0 saturated carbocycles. The summed E-state index contributed by atoms with van der Waals surface area (Å²) in [5.41, 5.74) is 4.81. The molecule has 23 heavy (non-hydrogen) atoms. The Bertz CT molecular complexity index is 622. The summed E-state index contributed by atoms with van der Waals surface area (Å²) in [6.45, 7) is 4.32. The van der Waals surface area contributed by atoms with E-state index in [1.54, 1.807) is 12.4 Å². The average Bonchev–Trinajstić information content (AvgIpc) is 2.58. The largest absolute Gasteiger partial charge is 0.159 e. The highest BCUT2D eigenvalue weighted by molar-refractivity contribution is 5.82. The second kappa shape index (κ2) is 9.73. The van der Waals surface area contributed by atoms with Crippen LogP contribution in [0.4, 0.5) is 0 Å². The summed E-state index contributed by atoms with van der Waals surface area (Å²) in [4.78, 5) is 0. The van der Waals surface area contributed by atoms with Crippen LogP contribution in [0.15, 0.2) is 58.7 Å². The Morgan fingerprint density at radius 1 is 0.739 bits per heavy atom. The van der Waals surface area contributed by atoms with Crippen molar-refractivity contribution in [3.8, 4) is 0 Å². The van der Waals surface area contributed by atoms with E-state index in [0.29, 0.717) is 0 Å². The fourth-order valence-electron chi connectivity index (χ4n) is 2.38. The highest BCUT2D eigenvalue weighted by atomic mass is 15.2. The summed E-state index contributed by atoms with van der Waals surface area (Å²) >= 11 is 0. The van der Waals surface area contributed by atoms with Crippen LogP contribution in [0.3, 0.4) is 0 Å². The number of aryl methyl sites for hydroxylation is 2. The lowest BCUT2D eigenvalue weighted by molar-refractivity contribution is 0.667. The monoisotopic (exact) mass is 306 g/mol. The van der Waals surface area contributed by atoms with E-state index < -0.39 is 0 Å². The Kier molecular flexibility index (Phi) is 7.25. The predicted molar refractivity (Wildman–Crippen MR) is 101 cm³/mol. The second-order valence-corrected chi connectivity index (χ2v) is 5.95. The van der Waals surface area contributed by atoms with Gasteiger partial charge in [-0.25, -0.2) is 0 Å². The van der Waals surface area contributed by atoms with Gasteiger partial charge < -0.3 is 0 Å². The quantitative estimate of drug-likeness (QED) is 0.346. The van der Waals surface area contributed by atoms with E-state index in [1.165, 1.54) is 43.2 Å². The van der Waals surface area contributed by atoms with Crippen molar-refractivity contribution in [2.45, 2.75) is 46.0 Å². The van der Waals surface area contributed by atoms with Gasteiger partial charge in [0.25, 0.3) is 0 Å². The van der Waals surface area contributed by atoms with Crippen LogP contribution in [0.1, 0.15) is 54.9 Å². The molecule has 2 aromatic carbocycles. The fraction of sp³-hybridized carbons (Fsp3) is 0.333. The van der Waals surface area contributed by atoms with Crippen LogP contribution in [-0.2, 0) is 6.42 Å². The molecule has 0 heterocycles. The zero-order valence-electron chi connectivity index (χ0n) is 14.2. The van der Waals surface area contributed by atoms with Crippen LogP contribution in [0, 0.1) is 6.92 Å². The molecule has 0 aromatic heterocycles. The van der Waals surface area contributed by atoms with Crippen molar-refractivity contribution in [2.75, 3.05) is 0 Å². The summed E-state index contributed by atoms with van der Waals surface area (Å²) in [5, 5.41) is 8.22. The van der Waals surface area contributed by atoms with Crippen molar-refractivity contribution >= 4 is 12.4 Å². The molecule has 120 valence electrons. The number of hydrogen-bond donors (Lipinski definition) is 0. The smallest absolute Gasteiger partial charge is 0.0568 e. The summed E-state index contributed by atoms with van der Waals surface area (Å²) < 4.78 is 0. The lowest BCUT2D eigenvalue weighted by Gasteiger charge is -2.01. The number of nitrogens with zero attached hydrogens (tertiary/aromatic N) is 2. The van der Waals surface area contributed by atoms with Gasteiger partial charge in [0, 0.05) is 0 Å². The van der Waals surface area contributed by atoms with E-state index in [9.17, 15) is 0 Å². The van der Waals surface area contributed by atoms with E-state index in [-0.39, 0.29) is 0 Å². The van der Waals surface area contributed by atoms with Crippen LogP contribution in [0.25, 0.3) is 0 Å². The molecule has 0 bridgehead atoms. The second-order valence-electron chi connectivity index (χ2n) is 5.95. The van der Waals surface area contributed by atoms with Crippen LogP contribution < -0.4 is 0 Å². The van der Waals surface area contributed by atoms with Crippen LogP contribution in [0.5, 0.6) is 0 Å². The highest BCUT2D eigenvalue weighted by Crippen LogP contribution is 2.09. The molecule has 2 rings (SSSR count). The predicted octanol–water partition coefficient (Wildman–Crippen LogP) is 5.57. The minimum atomic E-state index is 1.06. The van der Waals surface area contributed by atoms with Gasteiger partial charge in [0.1, 0.15) is 0 Å². The molecule has 0 aliphatic heterocycles. The Morgan fingerprint density at radius 3 is 1.87 bits per heavy atom. The van der Waals surface area contributed by atoms with Gasteiger partial charge in [-0.15, -0.1) is 0 Å². The number of unbranched alkanes of at least 4 members (excludes halogenated alkanes) is 3. The summed E-state index contributed by atoms with van der Waals surface area (Å²) in [7, 11) is 0. The van der Waals surface area contributed by atoms with Gasteiger partial charge in [0.05, 0.1) is 12.4 Å². The molecule has 0 aliphatic carbocycles. The minimum absolute atomic E-state index is 1.06. The van der Waals surface area contributed by atoms with Crippen LogP contribution in [-0.4, -0.2) is 12.4 Å². The van der Waals surface area contributed by atoms with Gasteiger partial charge in [-0.3, -0.25) is 0 Å². The third-order valence-corrected chi connectivity index (χ3v) is 3.86. The van der Waals surface area contributed by atoms with Crippen LogP contribution >= 0.6 is 0 Å². The van der Waals surface area contributed by atoms with Gasteiger partial charge in [-0.05, 0) is 36.5 Å². The van der Waals surface area contributed by atoms with Gasteiger partial charge in [0.15, 0.2) is 0 Å². The molecular weight excluding hydrogens is 280 g/mol. The average molecular weight is 306 g/mol. The van der Waals surface area contributed by atoms with Gasteiger partial charge >= 0.3 is 0 Å². The molecule has 0 saturated heterocycles. The maximum Gasteiger partial charge on any atom is 0.0568 e. The first kappa shape index (κ1) is 17.1. The Labute approximate surface area is 140 Å². The SMILES string of the molecule is CCCCCCc1ccc(/C=N\N=C/c2ccc(C)cc2)cc1. The first-order valence-corrected chi connectivity index (χ1v) is 8.50. The lowest BCUT2D eigenvalue weighted by atomic mass is 10.1. The topological polar surface area (TPSA) is 24.7 Å². The van der Waals surface area contributed by atoms with E-state index in [0.717, 1.165) is 11.1 Å². The van der Waals surface area contributed by atoms with Gasteiger partial charge in [-0.1, -0.05) is 80.3 Å². The van der Waals surface area contributed by atoms with Crippen molar-refractivity contribution in [1.82, 2.24) is 0 Å². The summed E-state index contributed by atoms with van der Waals surface area (Å²) in [6.07, 6.45) is 9.98. The van der Waals surface area contributed by atoms with Gasteiger partial charge in [-0.2, -0.15) is 10.2 Å². The van der Waals surface area contributed by atoms with Crippen molar-refractivity contribution in [3.05, 3.63) is 70.8 Å². The molecule has 0 unspecified atom stereocenters. The molecule has 2 heteroatoms. The third-order valence-electron chi connectivity index (χ3n) is 3.86. The number of hydrogen-bond acceptors (Lipinski definition) is 2. The molecule has 0 aliphatic rings. The molecule has 0 N–H and O–H groups in total. The van der Waals surface area contributed by atoms with Crippen molar-refractivity contribution < 1.29 is 0 Å². The minimum Gasteiger partial charge on any atom is -0.159 e. The van der Waals surface area contributed by atoms with E-state index in [1.807, 2.05) is 12.1 Å².